The maximum Gasteiger partial charge on any atom is 0.243 e. The van der Waals surface area contributed by atoms with E-state index in [0.717, 1.165) is 43.4 Å². The van der Waals surface area contributed by atoms with E-state index in [1.807, 2.05) is 31.2 Å². The van der Waals surface area contributed by atoms with Crippen LogP contribution in [-0.2, 0) is 31.3 Å². The van der Waals surface area contributed by atoms with Gasteiger partial charge in [0.1, 0.15) is 5.75 Å². The van der Waals surface area contributed by atoms with E-state index in [-0.39, 0.29) is 29.0 Å². The molecule has 0 saturated carbocycles. The van der Waals surface area contributed by atoms with Gasteiger partial charge < -0.3 is 9.47 Å². The zero-order valence-electron chi connectivity index (χ0n) is 20.1. The fourth-order valence-electron chi connectivity index (χ4n) is 4.51. The van der Waals surface area contributed by atoms with Crippen LogP contribution in [0.1, 0.15) is 44.6 Å². The van der Waals surface area contributed by atoms with E-state index in [2.05, 4.69) is 0 Å². The molecule has 10 heteroatoms. The molecular formula is C25H34N2O6S2. The number of piperidine rings is 1. The highest BCUT2D eigenvalue weighted by Gasteiger charge is 2.31. The van der Waals surface area contributed by atoms with E-state index in [1.165, 1.54) is 32.9 Å². The topological polar surface area (TPSA) is 93.2 Å². The van der Waals surface area contributed by atoms with Crippen molar-refractivity contribution in [3.05, 3.63) is 54.1 Å². The predicted octanol–water partition coefficient (Wildman–Crippen LogP) is 3.63. The van der Waals surface area contributed by atoms with Gasteiger partial charge in [-0.2, -0.15) is 8.61 Å². The molecule has 0 aromatic heterocycles. The van der Waals surface area contributed by atoms with Crippen molar-refractivity contribution in [1.82, 2.24) is 8.61 Å². The molecule has 8 nitrogen and oxygen atoms in total. The van der Waals surface area contributed by atoms with Gasteiger partial charge in [0.25, 0.3) is 0 Å². The summed E-state index contributed by atoms with van der Waals surface area (Å²) >= 11 is 0. The van der Waals surface area contributed by atoms with Crippen LogP contribution in [-0.4, -0.2) is 64.4 Å². The molecule has 2 aromatic rings. The van der Waals surface area contributed by atoms with Crippen LogP contribution in [0.25, 0.3) is 0 Å². The highest BCUT2D eigenvalue weighted by atomic mass is 32.2. The summed E-state index contributed by atoms with van der Waals surface area (Å²) in [5.41, 5.74) is 0.833. The lowest BCUT2D eigenvalue weighted by Gasteiger charge is -2.26. The fraction of sp³-hybridized carbons (Fsp3) is 0.520. The summed E-state index contributed by atoms with van der Waals surface area (Å²) in [4.78, 5) is 0.189. The first-order valence-corrected chi connectivity index (χ1v) is 15.1. The van der Waals surface area contributed by atoms with Crippen LogP contribution >= 0.6 is 0 Å². The monoisotopic (exact) mass is 522 g/mol. The van der Waals surface area contributed by atoms with Gasteiger partial charge in [-0.1, -0.05) is 18.6 Å². The zero-order chi connectivity index (χ0) is 24.9. The quantitative estimate of drug-likeness (QED) is 0.473. The van der Waals surface area contributed by atoms with Crippen LogP contribution in [0.4, 0.5) is 0 Å². The molecule has 4 rings (SSSR count). The molecule has 2 saturated heterocycles. The molecule has 1 atom stereocenters. The maximum atomic E-state index is 13.6. The molecular weight excluding hydrogens is 488 g/mol. The second kappa shape index (κ2) is 11.4. The Morgan fingerprint density at radius 3 is 2.17 bits per heavy atom. The molecule has 0 N–H and O–H groups in total. The van der Waals surface area contributed by atoms with Gasteiger partial charge in [0.15, 0.2) is 0 Å². The minimum atomic E-state index is -3.88. The second-order valence-corrected chi connectivity index (χ2v) is 12.8. The van der Waals surface area contributed by atoms with Crippen LogP contribution in [0.2, 0.25) is 0 Å². The number of rotatable bonds is 10. The van der Waals surface area contributed by atoms with Gasteiger partial charge in [0.2, 0.25) is 20.0 Å². The summed E-state index contributed by atoms with van der Waals surface area (Å²) in [6.45, 7) is 4.52. The SMILES string of the molecule is CCOc1ccc(CN(C[C@@H]2CCCO2)S(=O)(=O)c2ccc(S(=O)(=O)N3CCCCC3)cc2)cc1. The molecule has 192 valence electrons. The number of ether oxygens (including phenoxy) is 2. The molecule has 2 aliphatic heterocycles. The molecule has 2 aromatic carbocycles. The molecule has 0 unspecified atom stereocenters. The molecule has 2 aliphatic rings. The Morgan fingerprint density at radius 1 is 0.914 bits per heavy atom. The number of hydrogen-bond acceptors (Lipinski definition) is 6. The summed E-state index contributed by atoms with van der Waals surface area (Å²) in [5, 5.41) is 0. The van der Waals surface area contributed by atoms with Gasteiger partial charge in [0.05, 0.1) is 22.5 Å². The number of sulfonamides is 2. The van der Waals surface area contributed by atoms with Crippen LogP contribution in [0.5, 0.6) is 5.75 Å². The molecule has 0 aliphatic carbocycles. The minimum Gasteiger partial charge on any atom is -0.494 e. The lowest BCUT2D eigenvalue weighted by Crippen LogP contribution is -2.37. The van der Waals surface area contributed by atoms with E-state index in [4.69, 9.17) is 9.47 Å². The molecule has 0 radical (unpaired) electrons. The Morgan fingerprint density at radius 2 is 1.57 bits per heavy atom. The van der Waals surface area contributed by atoms with Crippen LogP contribution in [0, 0.1) is 0 Å². The maximum absolute atomic E-state index is 13.6. The normalized spacial score (nSPS) is 19.8. The van der Waals surface area contributed by atoms with Gasteiger partial charge in [0, 0.05) is 32.8 Å². The van der Waals surface area contributed by atoms with E-state index < -0.39 is 20.0 Å². The highest BCUT2D eigenvalue weighted by molar-refractivity contribution is 7.89. The van der Waals surface area contributed by atoms with Crippen molar-refractivity contribution in [3.8, 4) is 5.75 Å². The van der Waals surface area contributed by atoms with E-state index >= 15 is 0 Å². The van der Waals surface area contributed by atoms with Gasteiger partial charge in [-0.15, -0.1) is 0 Å². The third-order valence-corrected chi connectivity index (χ3v) is 10.2. The molecule has 2 heterocycles. The Balaban J connectivity index is 1.57. The summed E-state index contributed by atoms with van der Waals surface area (Å²) in [6, 6.07) is 13.0. The van der Waals surface area contributed by atoms with Crippen LogP contribution in [0.3, 0.4) is 0 Å². The van der Waals surface area contributed by atoms with E-state index in [9.17, 15) is 16.8 Å². The smallest absolute Gasteiger partial charge is 0.243 e. The lowest BCUT2D eigenvalue weighted by atomic mass is 10.2. The van der Waals surface area contributed by atoms with Crippen molar-refractivity contribution in [2.75, 3.05) is 32.8 Å². The average molecular weight is 523 g/mol. The van der Waals surface area contributed by atoms with Crippen molar-refractivity contribution < 1.29 is 26.3 Å². The number of benzene rings is 2. The summed E-state index contributed by atoms with van der Waals surface area (Å²) in [6.07, 6.45) is 4.27. The average Bonchev–Trinajstić information content (AvgIpc) is 3.39. The Labute approximate surface area is 208 Å². The molecule has 0 amide bonds. The van der Waals surface area contributed by atoms with Crippen molar-refractivity contribution in [2.45, 2.75) is 61.5 Å². The van der Waals surface area contributed by atoms with Crippen molar-refractivity contribution in [3.63, 3.8) is 0 Å². The van der Waals surface area contributed by atoms with E-state index in [0.29, 0.717) is 26.3 Å². The number of hydrogen-bond donors (Lipinski definition) is 0. The van der Waals surface area contributed by atoms with Crippen molar-refractivity contribution >= 4 is 20.0 Å². The zero-order valence-corrected chi connectivity index (χ0v) is 21.8. The molecule has 35 heavy (non-hydrogen) atoms. The summed E-state index contributed by atoms with van der Waals surface area (Å²) in [7, 11) is -7.51. The first kappa shape index (κ1) is 26.1. The first-order chi connectivity index (χ1) is 16.8. The third kappa shape index (κ3) is 6.24. The molecule has 0 spiro atoms. The van der Waals surface area contributed by atoms with Crippen LogP contribution in [0.15, 0.2) is 58.3 Å². The fourth-order valence-corrected chi connectivity index (χ4v) is 7.49. The number of nitrogens with zero attached hydrogens (tertiary/aromatic N) is 2. The van der Waals surface area contributed by atoms with Crippen molar-refractivity contribution in [2.24, 2.45) is 0 Å². The minimum absolute atomic E-state index is 0.0685. The molecule has 0 bridgehead atoms. The molecule has 2 fully saturated rings. The standard InChI is InChI=1S/C25H34N2O6S2/c1-2-32-22-10-8-21(9-11-22)19-27(20-23-7-6-18-33-23)35(30,31)25-14-12-24(13-15-25)34(28,29)26-16-4-3-5-17-26/h8-15,23H,2-7,16-20H2,1H3/t23-/m0/s1. The Bertz CT molecular complexity index is 1170. The Kier molecular flexibility index (Phi) is 8.49. The van der Waals surface area contributed by atoms with Gasteiger partial charge in [-0.25, -0.2) is 16.8 Å². The third-order valence-electron chi connectivity index (χ3n) is 6.44. The van der Waals surface area contributed by atoms with Gasteiger partial charge >= 0.3 is 0 Å². The highest BCUT2D eigenvalue weighted by Crippen LogP contribution is 2.26. The second-order valence-electron chi connectivity index (χ2n) is 8.95. The first-order valence-electron chi connectivity index (χ1n) is 12.2. The largest absolute Gasteiger partial charge is 0.494 e. The summed E-state index contributed by atoms with van der Waals surface area (Å²) in [5.74, 6) is 0.732. The lowest BCUT2D eigenvalue weighted by molar-refractivity contribution is 0.0926. The van der Waals surface area contributed by atoms with E-state index in [1.54, 1.807) is 0 Å². The predicted molar refractivity (Wildman–Crippen MR) is 133 cm³/mol. The Hall–Kier alpha value is -1.98. The van der Waals surface area contributed by atoms with Gasteiger partial charge in [-0.3, -0.25) is 0 Å². The van der Waals surface area contributed by atoms with Crippen LogP contribution < -0.4 is 4.74 Å². The van der Waals surface area contributed by atoms with Crippen molar-refractivity contribution in [1.29, 1.82) is 0 Å². The summed E-state index contributed by atoms with van der Waals surface area (Å²) < 4.78 is 67.3. The van der Waals surface area contributed by atoms with Gasteiger partial charge in [-0.05, 0) is 74.6 Å².